The van der Waals surface area contributed by atoms with Gasteiger partial charge in [0, 0.05) is 19.0 Å². The molecular weight excluding hydrogens is 290 g/mol. The highest BCUT2D eigenvalue weighted by molar-refractivity contribution is 5.97. The number of benzene rings is 2. The molecule has 0 spiro atoms. The molecule has 0 saturated carbocycles. The summed E-state index contributed by atoms with van der Waals surface area (Å²) >= 11 is 0. The summed E-state index contributed by atoms with van der Waals surface area (Å²) in [6.07, 6.45) is 0.979. The molecule has 3 rings (SSSR count). The van der Waals surface area contributed by atoms with E-state index in [1.165, 1.54) is 5.56 Å². The third-order valence-corrected chi connectivity index (χ3v) is 4.40. The van der Waals surface area contributed by atoms with Crippen molar-refractivity contribution in [1.29, 1.82) is 0 Å². The SMILES string of the molecule is COc1ccc([C@@H]2CCN(C(=O)c3ccccc3OC)C2)cc1. The third kappa shape index (κ3) is 3.16. The second-order valence-corrected chi connectivity index (χ2v) is 5.71. The van der Waals surface area contributed by atoms with Gasteiger partial charge in [-0.15, -0.1) is 0 Å². The molecule has 120 valence electrons. The van der Waals surface area contributed by atoms with Crippen LogP contribution in [0, 0.1) is 0 Å². The van der Waals surface area contributed by atoms with Gasteiger partial charge in [-0.3, -0.25) is 4.79 Å². The maximum atomic E-state index is 12.7. The highest BCUT2D eigenvalue weighted by Gasteiger charge is 2.29. The Kier molecular flexibility index (Phi) is 4.51. The number of amides is 1. The van der Waals surface area contributed by atoms with Gasteiger partial charge < -0.3 is 14.4 Å². The van der Waals surface area contributed by atoms with E-state index in [-0.39, 0.29) is 5.91 Å². The van der Waals surface area contributed by atoms with Crippen LogP contribution in [0.1, 0.15) is 28.3 Å². The molecule has 0 aliphatic carbocycles. The molecule has 0 radical (unpaired) electrons. The van der Waals surface area contributed by atoms with Crippen LogP contribution in [-0.2, 0) is 0 Å². The lowest BCUT2D eigenvalue weighted by Crippen LogP contribution is -2.28. The molecule has 2 aromatic carbocycles. The van der Waals surface area contributed by atoms with E-state index < -0.39 is 0 Å². The van der Waals surface area contributed by atoms with E-state index in [9.17, 15) is 4.79 Å². The lowest BCUT2D eigenvalue weighted by molar-refractivity contribution is 0.0787. The van der Waals surface area contributed by atoms with Crippen molar-refractivity contribution >= 4 is 5.91 Å². The van der Waals surface area contributed by atoms with E-state index in [1.807, 2.05) is 41.3 Å². The summed E-state index contributed by atoms with van der Waals surface area (Å²) < 4.78 is 10.5. The van der Waals surface area contributed by atoms with Gasteiger partial charge >= 0.3 is 0 Å². The topological polar surface area (TPSA) is 38.8 Å². The van der Waals surface area contributed by atoms with E-state index in [1.54, 1.807) is 14.2 Å². The molecule has 0 N–H and O–H groups in total. The van der Waals surface area contributed by atoms with E-state index in [2.05, 4.69) is 12.1 Å². The number of ether oxygens (including phenoxy) is 2. The van der Waals surface area contributed by atoms with Crippen LogP contribution in [-0.4, -0.2) is 38.1 Å². The van der Waals surface area contributed by atoms with Gasteiger partial charge in [0.25, 0.3) is 5.91 Å². The lowest BCUT2D eigenvalue weighted by atomic mass is 9.98. The zero-order valence-corrected chi connectivity index (χ0v) is 13.5. The van der Waals surface area contributed by atoms with Crippen molar-refractivity contribution in [1.82, 2.24) is 4.90 Å². The molecule has 2 aromatic rings. The van der Waals surface area contributed by atoms with Crippen LogP contribution in [0.15, 0.2) is 48.5 Å². The highest BCUT2D eigenvalue weighted by atomic mass is 16.5. The number of carbonyl (C=O) groups is 1. The highest BCUT2D eigenvalue weighted by Crippen LogP contribution is 2.30. The average molecular weight is 311 g/mol. The van der Waals surface area contributed by atoms with Crippen LogP contribution in [0.3, 0.4) is 0 Å². The van der Waals surface area contributed by atoms with Gasteiger partial charge in [-0.05, 0) is 36.2 Å². The van der Waals surface area contributed by atoms with E-state index >= 15 is 0 Å². The van der Waals surface area contributed by atoms with Gasteiger partial charge in [0.1, 0.15) is 11.5 Å². The summed E-state index contributed by atoms with van der Waals surface area (Å²) in [6, 6.07) is 15.5. The summed E-state index contributed by atoms with van der Waals surface area (Å²) in [6.45, 7) is 1.51. The van der Waals surface area contributed by atoms with Crippen LogP contribution in [0.4, 0.5) is 0 Å². The minimum Gasteiger partial charge on any atom is -0.497 e. The van der Waals surface area contributed by atoms with Gasteiger partial charge in [0.05, 0.1) is 19.8 Å². The Morgan fingerprint density at radius 3 is 2.48 bits per heavy atom. The van der Waals surface area contributed by atoms with Gasteiger partial charge in [-0.25, -0.2) is 0 Å². The predicted octanol–water partition coefficient (Wildman–Crippen LogP) is 3.33. The second-order valence-electron chi connectivity index (χ2n) is 5.71. The maximum Gasteiger partial charge on any atom is 0.257 e. The number of hydrogen-bond donors (Lipinski definition) is 0. The Hall–Kier alpha value is -2.49. The van der Waals surface area contributed by atoms with Gasteiger partial charge in [0.15, 0.2) is 0 Å². The Morgan fingerprint density at radius 2 is 1.78 bits per heavy atom. The predicted molar refractivity (Wildman–Crippen MR) is 89.2 cm³/mol. The first-order valence-electron chi connectivity index (χ1n) is 7.79. The van der Waals surface area contributed by atoms with Gasteiger partial charge in [-0.1, -0.05) is 24.3 Å². The molecular formula is C19H21NO3. The van der Waals surface area contributed by atoms with E-state index in [4.69, 9.17) is 9.47 Å². The Bertz CT molecular complexity index is 681. The molecule has 4 nitrogen and oxygen atoms in total. The molecule has 1 saturated heterocycles. The van der Waals surface area contributed by atoms with Crippen molar-refractivity contribution in [3.8, 4) is 11.5 Å². The molecule has 1 amide bonds. The van der Waals surface area contributed by atoms with Crippen molar-refractivity contribution < 1.29 is 14.3 Å². The maximum absolute atomic E-state index is 12.7. The van der Waals surface area contributed by atoms with Gasteiger partial charge in [0.2, 0.25) is 0 Å². The largest absolute Gasteiger partial charge is 0.497 e. The van der Waals surface area contributed by atoms with Crippen LogP contribution >= 0.6 is 0 Å². The third-order valence-electron chi connectivity index (χ3n) is 4.40. The fraction of sp³-hybridized carbons (Fsp3) is 0.316. The Labute approximate surface area is 136 Å². The molecule has 0 unspecified atom stereocenters. The first-order valence-corrected chi connectivity index (χ1v) is 7.79. The molecule has 23 heavy (non-hydrogen) atoms. The lowest BCUT2D eigenvalue weighted by Gasteiger charge is -2.18. The number of methoxy groups -OCH3 is 2. The van der Waals surface area contributed by atoms with Crippen LogP contribution < -0.4 is 9.47 Å². The van der Waals surface area contributed by atoms with Crippen molar-refractivity contribution in [2.75, 3.05) is 27.3 Å². The molecule has 0 aromatic heterocycles. The number of likely N-dealkylation sites (tertiary alicyclic amines) is 1. The van der Waals surface area contributed by atoms with Crippen molar-refractivity contribution in [2.24, 2.45) is 0 Å². The van der Waals surface area contributed by atoms with Crippen molar-refractivity contribution in [3.63, 3.8) is 0 Å². The van der Waals surface area contributed by atoms with Crippen LogP contribution in [0.5, 0.6) is 11.5 Å². The number of para-hydroxylation sites is 1. The number of nitrogens with zero attached hydrogens (tertiary/aromatic N) is 1. The summed E-state index contributed by atoms with van der Waals surface area (Å²) in [4.78, 5) is 14.6. The van der Waals surface area contributed by atoms with Gasteiger partial charge in [-0.2, -0.15) is 0 Å². The fourth-order valence-electron chi connectivity index (χ4n) is 3.08. The van der Waals surface area contributed by atoms with Crippen LogP contribution in [0.2, 0.25) is 0 Å². The summed E-state index contributed by atoms with van der Waals surface area (Å²) in [5, 5.41) is 0. The fourth-order valence-corrected chi connectivity index (χ4v) is 3.08. The molecule has 1 fully saturated rings. The quantitative estimate of drug-likeness (QED) is 0.869. The summed E-state index contributed by atoms with van der Waals surface area (Å²) in [7, 11) is 3.26. The zero-order valence-electron chi connectivity index (χ0n) is 13.5. The first-order chi connectivity index (χ1) is 11.2. The van der Waals surface area contributed by atoms with Crippen molar-refractivity contribution in [2.45, 2.75) is 12.3 Å². The molecule has 0 bridgehead atoms. The zero-order chi connectivity index (χ0) is 16.2. The monoisotopic (exact) mass is 311 g/mol. The minimum atomic E-state index is 0.0402. The molecule has 1 aliphatic rings. The number of carbonyl (C=O) groups excluding carboxylic acids is 1. The number of rotatable bonds is 4. The Balaban J connectivity index is 1.72. The average Bonchev–Trinajstić information content (AvgIpc) is 3.11. The summed E-state index contributed by atoms with van der Waals surface area (Å²) in [5.41, 5.74) is 1.88. The summed E-state index contributed by atoms with van der Waals surface area (Å²) in [5.74, 6) is 1.90. The molecule has 4 heteroatoms. The number of hydrogen-bond acceptors (Lipinski definition) is 3. The minimum absolute atomic E-state index is 0.0402. The normalized spacial score (nSPS) is 17.1. The van der Waals surface area contributed by atoms with Crippen LogP contribution in [0.25, 0.3) is 0 Å². The Morgan fingerprint density at radius 1 is 1.04 bits per heavy atom. The first kappa shape index (κ1) is 15.4. The molecule has 1 atom stereocenters. The van der Waals surface area contributed by atoms with E-state index in [0.717, 1.165) is 25.3 Å². The van der Waals surface area contributed by atoms with Crippen molar-refractivity contribution in [3.05, 3.63) is 59.7 Å². The van der Waals surface area contributed by atoms with E-state index in [0.29, 0.717) is 17.2 Å². The standard InChI is InChI=1S/C19H21NO3/c1-22-16-9-7-14(8-10-16)15-11-12-20(13-15)19(21)17-5-3-4-6-18(17)23-2/h3-10,15H,11-13H2,1-2H3/t15-/m1/s1. The smallest absolute Gasteiger partial charge is 0.257 e. The molecule has 1 heterocycles. The second kappa shape index (κ2) is 6.73. The molecule has 1 aliphatic heterocycles.